The number of aromatic hydroxyl groups is 1. The summed E-state index contributed by atoms with van der Waals surface area (Å²) in [5.74, 6) is -0.262. The van der Waals surface area contributed by atoms with Crippen molar-refractivity contribution in [3.05, 3.63) is 65.2 Å². The molecule has 2 aromatic carbocycles. The van der Waals surface area contributed by atoms with Gasteiger partial charge in [0.15, 0.2) is 0 Å². The smallest absolute Gasteiger partial charge is 0.255 e. The zero-order valence-electron chi connectivity index (χ0n) is 14.6. The lowest BCUT2D eigenvalue weighted by Crippen LogP contribution is -2.43. The van der Waals surface area contributed by atoms with E-state index in [4.69, 9.17) is 0 Å². The zero-order chi connectivity index (χ0) is 17.6. The van der Waals surface area contributed by atoms with Crippen LogP contribution in [0.15, 0.2) is 48.5 Å². The Morgan fingerprint density at radius 2 is 1.64 bits per heavy atom. The molecular weight excluding hydrogens is 314 g/mol. The van der Waals surface area contributed by atoms with Crippen LogP contribution in [-0.4, -0.2) is 54.0 Å². The van der Waals surface area contributed by atoms with E-state index in [0.29, 0.717) is 12.1 Å². The van der Waals surface area contributed by atoms with Gasteiger partial charge in [0.1, 0.15) is 5.75 Å². The molecule has 3 rings (SSSR count). The molecule has 1 heterocycles. The van der Waals surface area contributed by atoms with Crippen LogP contribution in [0.4, 0.5) is 0 Å². The summed E-state index contributed by atoms with van der Waals surface area (Å²) in [5, 5.41) is 12.6. The predicted molar refractivity (Wildman–Crippen MR) is 98.5 cm³/mol. The maximum absolute atomic E-state index is 12.1. The van der Waals surface area contributed by atoms with E-state index in [1.807, 2.05) is 0 Å². The second kappa shape index (κ2) is 8.14. The number of piperazine rings is 1. The largest absolute Gasteiger partial charge is 0.507 e. The lowest BCUT2D eigenvalue weighted by atomic mass is 10.1. The van der Waals surface area contributed by atoms with E-state index in [1.165, 1.54) is 11.6 Å². The fourth-order valence-electron chi connectivity index (χ4n) is 2.97. The molecule has 0 aromatic heterocycles. The third kappa shape index (κ3) is 4.81. The van der Waals surface area contributed by atoms with E-state index in [2.05, 4.69) is 46.4 Å². The van der Waals surface area contributed by atoms with Crippen LogP contribution in [0.25, 0.3) is 0 Å². The highest BCUT2D eigenvalue weighted by Crippen LogP contribution is 2.15. The van der Waals surface area contributed by atoms with Crippen LogP contribution in [-0.2, 0) is 13.1 Å². The summed E-state index contributed by atoms with van der Waals surface area (Å²) in [6, 6.07) is 14.9. The number of benzene rings is 2. The highest BCUT2D eigenvalue weighted by atomic mass is 16.3. The van der Waals surface area contributed by atoms with E-state index in [-0.39, 0.29) is 11.7 Å². The first-order valence-corrected chi connectivity index (χ1v) is 8.67. The van der Waals surface area contributed by atoms with E-state index in [0.717, 1.165) is 38.3 Å². The minimum absolute atomic E-state index is 0.00234. The molecule has 1 aliphatic heterocycles. The molecule has 132 valence electrons. The van der Waals surface area contributed by atoms with Crippen LogP contribution >= 0.6 is 0 Å². The number of amides is 1. The van der Waals surface area contributed by atoms with Crippen molar-refractivity contribution in [2.45, 2.75) is 13.1 Å². The van der Waals surface area contributed by atoms with E-state index < -0.39 is 0 Å². The van der Waals surface area contributed by atoms with Gasteiger partial charge in [0.2, 0.25) is 0 Å². The number of hydrogen-bond acceptors (Lipinski definition) is 4. The van der Waals surface area contributed by atoms with Crippen molar-refractivity contribution in [2.24, 2.45) is 0 Å². The van der Waals surface area contributed by atoms with Gasteiger partial charge in [0.25, 0.3) is 5.91 Å². The number of phenolic OH excluding ortho intramolecular Hbond substituents is 1. The van der Waals surface area contributed by atoms with Crippen molar-refractivity contribution in [2.75, 3.05) is 33.2 Å². The van der Waals surface area contributed by atoms with Crippen molar-refractivity contribution in [3.8, 4) is 5.75 Å². The Bertz CT molecular complexity index is 707. The van der Waals surface area contributed by atoms with E-state index in [9.17, 15) is 9.90 Å². The molecule has 0 saturated carbocycles. The van der Waals surface area contributed by atoms with Crippen LogP contribution in [0, 0.1) is 0 Å². The second-order valence-electron chi connectivity index (χ2n) is 6.60. The zero-order valence-corrected chi connectivity index (χ0v) is 14.6. The third-order valence-electron chi connectivity index (χ3n) is 4.63. The van der Waals surface area contributed by atoms with E-state index in [1.54, 1.807) is 18.2 Å². The summed E-state index contributed by atoms with van der Waals surface area (Å²) in [4.78, 5) is 16.9. The molecule has 0 atom stereocenters. The second-order valence-corrected chi connectivity index (χ2v) is 6.60. The molecule has 2 N–H and O–H groups in total. The summed E-state index contributed by atoms with van der Waals surface area (Å²) in [6.07, 6.45) is 0. The average Bonchev–Trinajstić information content (AvgIpc) is 2.63. The maximum atomic E-state index is 12.1. The topological polar surface area (TPSA) is 55.8 Å². The highest BCUT2D eigenvalue weighted by Gasteiger charge is 2.14. The van der Waals surface area contributed by atoms with Gasteiger partial charge in [-0.1, -0.05) is 36.4 Å². The normalized spacial score (nSPS) is 15.9. The van der Waals surface area contributed by atoms with Crippen molar-refractivity contribution >= 4 is 5.91 Å². The number of nitrogens with one attached hydrogen (secondary N) is 1. The molecule has 0 bridgehead atoms. The van der Waals surface area contributed by atoms with Crippen LogP contribution in [0.5, 0.6) is 5.75 Å². The highest BCUT2D eigenvalue weighted by molar-refractivity contribution is 5.96. The van der Waals surface area contributed by atoms with Crippen molar-refractivity contribution in [1.82, 2.24) is 15.1 Å². The molecule has 1 fully saturated rings. The summed E-state index contributed by atoms with van der Waals surface area (Å²) >= 11 is 0. The Morgan fingerprint density at radius 3 is 2.32 bits per heavy atom. The Morgan fingerprint density at radius 1 is 1.00 bits per heavy atom. The summed E-state index contributed by atoms with van der Waals surface area (Å²) in [5.41, 5.74) is 2.64. The molecule has 0 radical (unpaired) electrons. The number of nitrogens with zero attached hydrogens (tertiary/aromatic N) is 2. The van der Waals surface area contributed by atoms with Gasteiger partial charge < -0.3 is 15.3 Å². The lowest BCUT2D eigenvalue weighted by Gasteiger charge is -2.32. The predicted octanol–water partition coefficient (Wildman–Crippen LogP) is 2.07. The SMILES string of the molecule is CN1CCN(Cc2ccc(CNC(=O)c3ccccc3O)cc2)CC1. The summed E-state index contributed by atoms with van der Waals surface area (Å²) in [7, 11) is 2.16. The number of phenols is 1. The van der Waals surface area contributed by atoms with Gasteiger partial charge >= 0.3 is 0 Å². The summed E-state index contributed by atoms with van der Waals surface area (Å²) < 4.78 is 0. The minimum Gasteiger partial charge on any atom is -0.507 e. The Balaban J connectivity index is 1.51. The number of para-hydroxylation sites is 1. The van der Waals surface area contributed by atoms with Crippen molar-refractivity contribution in [1.29, 1.82) is 0 Å². The van der Waals surface area contributed by atoms with Gasteiger partial charge in [-0.25, -0.2) is 0 Å². The quantitative estimate of drug-likeness (QED) is 0.876. The van der Waals surface area contributed by atoms with Crippen molar-refractivity contribution < 1.29 is 9.90 Å². The van der Waals surface area contributed by atoms with Crippen LogP contribution < -0.4 is 5.32 Å². The monoisotopic (exact) mass is 339 g/mol. The number of hydrogen-bond donors (Lipinski definition) is 2. The van der Waals surface area contributed by atoms with Gasteiger partial charge in [-0.05, 0) is 30.3 Å². The first-order valence-electron chi connectivity index (χ1n) is 8.67. The molecule has 0 aliphatic carbocycles. The average molecular weight is 339 g/mol. The molecule has 1 amide bonds. The fourth-order valence-corrected chi connectivity index (χ4v) is 2.97. The van der Waals surface area contributed by atoms with Gasteiger partial charge in [-0.3, -0.25) is 9.69 Å². The molecular formula is C20H25N3O2. The molecule has 1 aliphatic rings. The van der Waals surface area contributed by atoms with Gasteiger partial charge in [0, 0.05) is 39.3 Å². The summed E-state index contributed by atoms with van der Waals surface area (Å²) in [6.45, 7) is 5.87. The van der Waals surface area contributed by atoms with E-state index >= 15 is 0 Å². The molecule has 5 nitrogen and oxygen atoms in total. The van der Waals surface area contributed by atoms with Gasteiger partial charge in [-0.15, -0.1) is 0 Å². The first-order chi connectivity index (χ1) is 12.1. The van der Waals surface area contributed by atoms with Crippen LogP contribution in [0.2, 0.25) is 0 Å². The van der Waals surface area contributed by atoms with Crippen LogP contribution in [0.1, 0.15) is 21.5 Å². The van der Waals surface area contributed by atoms with Crippen LogP contribution in [0.3, 0.4) is 0 Å². The Labute approximate surface area is 148 Å². The lowest BCUT2D eigenvalue weighted by molar-refractivity contribution is 0.0948. The standard InChI is InChI=1S/C20H25N3O2/c1-22-10-12-23(13-11-22)15-17-8-6-16(7-9-17)14-21-20(25)18-4-2-3-5-19(18)24/h2-9,24H,10-15H2,1H3,(H,21,25). The fraction of sp³-hybridized carbons (Fsp3) is 0.350. The molecule has 25 heavy (non-hydrogen) atoms. The molecule has 0 spiro atoms. The molecule has 5 heteroatoms. The molecule has 2 aromatic rings. The first kappa shape index (κ1) is 17.5. The van der Waals surface area contributed by atoms with Crippen molar-refractivity contribution in [3.63, 3.8) is 0 Å². The number of carbonyl (C=O) groups is 1. The Hall–Kier alpha value is -2.37. The van der Waals surface area contributed by atoms with Gasteiger partial charge in [0.05, 0.1) is 5.56 Å². The van der Waals surface area contributed by atoms with Gasteiger partial charge in [-0.2, -0.15) is 0 Å². The minimum atomic E-state index is -0.264. The number of likely N-dealkylation sites (N-methyl/N-ethyl adjacent to an activating group) is 1. The molecule has 1 saturated heterocycles. The molecule has 0 unspecified atom stereocenters. The third-order valence-corrected chi connectivity index (χ3v) is 4.63. The Kier molecular flexibility index (Phi) is 5.68. The number of carbonyl (C=O) groups excluding carboxylic acids is 1. The number of rotatable bonds is 5. The maximum Gasteiger partial charge on any atom is 0.255 e.